The summed E-state index contributed by atoms with van der Waals surface area (Å²) in [5.41, 5.74) is 5.53. The molecule has 0 heterocycles. The summed E-state index contributed by atoms with van der Waals surface area (Å²) in [6, 6.07) is 40.0. The average Bonchev–Trinajstić information content (AvgIpc) is 2.91. The monoisotopic (exact) mass is 580 g/mol. The van der Waals surface area contributed by atoms with Crippen LogP contribution in [-0.2, 0) is 13.1 Å². The van der Waals surface area contributed by atoms with Gasteiger partial charge in [0, 0.05) is 0 Å². The van der Waals surface area contributed by atoms with Gasteiger partial charge in [0.2, 0.25) is 0 Å². The van der Waals surface area contributed by atoms with Gasteiger partial charge in [-0.05, 0) is 0 Å². The van der Waals surface area contributed by atoms with Gasteiger partial charge in [0.15, 0.2) is 0 Å². The summed E-state index contributed by atoms with van der Waals surface area (Å²) in [5.74, 6) is 0. The number of benzene rings is 4. The molecule has 0 amide bonds. The zero-order chi connectivity index (χ0) is 23.6. The van der Waals surface area contributed by atoms with E-state index in [9.17, 15) is 0 Å². The van der Waals surface area contributed by atoms with E-state index < -0.39 is 0 Å². The molecule has 0 aliphatic heterocycles. The van der Waals surface area contributed by atoms with Gasteiger partial charge in [-0.3, -0.25) is 0 Å². The molecule has 2 atom stereocenters. The van der Waals surface area contributed by atoms with Crippen molar-refractivity contribution < 1.29 is 0 Å². The molecule has 0 saturated heterocycles. The summed E-state index contributed by atoms with van der Waals surface area (Å²) in [7, 11) is 0. The van der Waals surface area contributed by atoms with Crippen LogP contribution < -0.4 is 19.6 Å². The first kappa shape index (κ1) is 24.9. The average molecular weight is 579 g/mol. The van der Waals surface area contributed by atoms with Crippen LogP contribution in [0.1, 0.15) is 48.2 Å². The summed E-state index contributed by atoms with van der Waals surface area (Å²) in [4.78, 5) is 0. The molecule has 2 N–H and O–H groups in total. The Hall–Kier alpha value is -2.16. The Morgan fingerprint density at radius 3 is 1.26 bits per heavy atom. The Morgan fingerprint density at radius 1 is 0.500 bits per heavy atom. The van der Waals surface area contributed by atoms with Crippen molar-refractivity contribution in [2.45, 2.75) is 39.0 Å². The molecule has 4 rings (SSSR count). The fourth-order valence-corrected chi connectivity index (χ4v) is 11.3. The van der Waals surface area contributed by atoms with Crippen molar-refractivity contribution in [1.82, 2.24) is 10.6 Å². The number of rotatable bonds is 11. The third kappa shape index (κ3) is 7.17. The first-order valence-electron chi connectivity index (χ1n) is 11.8. The van der Waals surface area contributed by atoms with Crippen LogP contribution in [0.5, 0.6) is 0 Å². The van der Waals surface area contributed by atoms with Gasteiger partial charge in [-0.15, -0.1) is 0 Å². The Bertz CT molecular complexity index is 1060. The predicted molar refractivity (Wildman–Crippen MR) is 147 cm³/mol. The third-order valence-corrected chi connectivity index (χ3v) is 13.4. The molecule has 0 aliphatic rings. The maximum atomic E-state index is 3.72. The molecule has 174 valence electrons. The van der Waals surface area contributed by atoms with Crippen LogP contribution in [0.15, 0.2) is 109 Å². The molecule has 34 heavy (non-hydrogen) atoms. The second-order valence-electron chi connectivity index (χ2n) is 8.41. The summed E-state index contributed by atoms with van der Waals surface area (Å²) in [5, 5.41) is 7.44. The minimum atomic E-state index is 0.339. The maximum absolute atomic E-state index is 3.72. The van der Waals surface area contributed by atoms with Crippen molar-refractivity contribution in [1.29, 1.82) is 0 Å². The van der Waals surface area contributed by atoms with E-state index in [0.717, 1.165) is 13.1 Å². The zero-order valence-corrected chi connectivity index (χ0v) is 23.2. The van der Waals surface area contributed by atoms with E-state index in [-0.39, 0.29) is 0 Å². The van der Waals surface area contributed by atoms with Crippen LogP contribution in [0.3, 0.4) is 0 Å². The van der Waals surface area contributed by atoms with Crippen LogP contribution in [0.2, 0.25) is 0 Å². The van der Waals surface area contributed by atoms with Crippen molar-refractivity contribution in [3.63, 3.8) is 0 Å². The summed E-state index contributed by atoms with van der Waals surface area (Å²) < 4.78 is 3.03. The zero-order valence-electron chi connectivity index (χ0n) is 19.8. The quantitative estimate of drug-likeness (QED) is 0.253. The molecule has 2 nitrogen and oxygen atoms in total. The van der Waals surface area contributed by atoms with Crippen molar-refractivity contribution >= 4 is 35.2 Å². The molecule has 0 bridgehead atoms. The van der Waals surface area contributed by atoms with Gasteiger partial charge in [0.1, 0.15) is 0 Å². The van der Waals surface area contributed by atoms with Gasteiger partial charge in [-0.25, -0.2) is 0 Å². The van der Waals surface area contributed by atoms with Crippen molar-refractivity contribution in [3.8, 4) is 0 Å². The standard InChI is InChI=1S/C30H32N2Se2/c1-23(25-13-5-3-6-14-25)31-21-27-17-9-11-19-29(27)33-34-30-20-12-10-18-28(30)22-32-24(2)26-15-7-4-8-16-26/h3-20,23-24,31-32H,21-22H2,1-2H3/t23-,24-/m1/s1. The van der Waals surface area contributed by atoms with E-state index in [2.05, 4.69) is 134 Å². The fraction of sp³-hybridized carbons (Fsp3) is 0.200. The fourth-order valence-electron chi connectivity index (χ4n) is 3.80. The Balaban J connectivity index is 1.36. The number of nitrogens with one attached hydrogen (secondary N) is 2. The summed E-state index contributed by atoms with van der Waals surface area (Å²) in [6.45, 7) is 6.29. The molecular formula is C30H32N2Se2. The summed E-state index contributed by atoms with van der Waals surface area (Å²) >= 11 is 0.894. The number of hydrogen-bond acceptors (Lipinski definition) is 2. The Kier molecular flexibility index (Phi) is 9.59. The normalized spacial score (nSPS) is 12.9. The van der Waals surface area contributed by atoms with Gasteiger partial charge >= 0.3 is 216 Å². The Labute approximate surface area is 215 Å². The molecule has 0 spiro atoms. The molecule has 0 unspecified atom stereocenters. The van der Waals surface area contributed by atoms with Gasteiger partial charge < -0.3 is 0 Å². The topological polar surface area (TPSA) is 24.1 Å². The van der Waals surface area contributed by atoms with Gasteiger partial charge in [0.25, 0.3) is 0 Å². The molecule has 4 aromatic carbocycles. The van der Waals surface area contributed by atoms with E-state index in [1.807, 2.05) is 0 Å². The van der Waals surface area contributed by atoms with Crippen LogP contribution in [0.4, 0.5) is 0 Å². The molecular weight excluding hydrogens is 546 g/mol. The van der Waals surface area contributed by atoms with Crippen LogP contribution in [-0.4, -0.2) is 26.3 Å². The van der Waals surface area contributed by atoms with E-state index in [1.165, 1.54) is 31.2 Å². The van der Waals surface area contributed by atoms with Crippen LogP contribution >= 0.6 is 0 Å². The predicted octanol–water partition coefficient (Wildman–Crippen LogP) is 4.66. The third-order valence-electron chi connectivity index (χ3n) is 5.96. The van der Waals surface area contributed by atoms with Crippen molar-refractivity contribution in [2.24, 2.45) is 0 Å². The SMILES string of the molecule is C[C@@H](NCc1ccccc1[Se][Se]c1ccccc1CN[C@H](C)c1ccccc1)c1ccccc1. The molecule has 4 aromatic rings. The summed E-state index contributed by atoms with van der Waals surface area (Å²) in [6.07, 6.45) is 0. The van der Waals surface area contributed by atoms with Crippen LogP contribution in [0.25, 0.3) is 0 Å². The van der Waals surface area contributed by atoms with Crippen molar-refractivity contribution in [3.05, 3.63) is 131 Å². The van der Waals surface area contributed by atoms with Crippen molar-refractivity contribution in [2.75, 3.05) is 0 Å². The first-order valence-corrected chi connectivity index (χ1v) is 17.8. The van der Waals surface area contributed by atoms with E-state index >= 15 is 0 Å². The second kappa shape index (κ2) is 13.1. The van der Waals surface area contributed by atoms with E-state index in [4.69, 9.17) is 0 Å². The molecule has 0 aliphatic carbocycles. The van der Waals surface area contributed by atoms with Gasteiger partial charge in [-0.1, -0.05) is 0 Å². The second-order valence-corrected chi connectivity index (χ2v) is 14.6. The molecule has 0 saturated carbocycles. The molecule has 4 heteroatoms. The molecule has 0 aromatic heterocycles. The Morgan fingerprint density at radius 2 is 0.853 bits per heavy atom. The molecule has 0 radical (unpaired) electrons. The van der Waals surface area contributed by atoms with Gasteiger partial charge in [-0.2, -0.15) is 0 Å². The van der Waals surface area contributed by atoms with E-state index in [1.54, 1.807) is 0 Å². The molecule has 0 fully saturated rings. The van der Waals surface area contributed by atoms with E-state index in [0.29, 0.717) is 38.3 Å². The van der Waals surface area contributed by atoms with Crippen LogP contribution in [0, 0.1) is 0 Å². The van der Waals surface area contributed by atoms with Gasteiger partial charge in [0.05, 0.1) is 0 Å². The number of hydrogen-bond donors (Lipinski definition) is 2. The minimum absolute atomic E-state index is 0.339. The first-order chi connectivity index (χ1) is 16.7.